The summed E-state index contributed by atoms with van der Waals surface area (Å²) in [6.07, 6.45) is 1.72. The van der Waals surface area contributed by atoms with E-state index in [1.54, 1.807) is 18.3 Å². The molecule has 1 atom stereocenters. The van der Waals surface area contributed by atoms with Gasteiger partial charge in [-0.15, -0.1) is 0 Å². The Labute approximate surface area is 114 Å². The predicted molar refractivity (Wildman–Crippen MR) is 74.3 cm³/mol. The average molecular weight is 305 g/mol. The second-order valence-corrected chi connectivity index (χ2v) is 4.88. The highest BCUT2D eigenvalue weighted by molar-refractivity contribution is 9.10. The largest absolute Gasteiger partial charge is 0.344 e. The number of halogens is 1. The van der Waals surface area contributed by atoms with E-state index >= 15 is 0 Å². The molecular weight excluding hydrogens is 292 g/mol. The van der Waals surface area contributed by atoms with E-state index in [1.165, 1.54) is 0 Å². The van der Waals surface area contributed by atoms with Crippen molar-refractivity contribution in [3.63, 3.8) is 0 Å². The second kappa shape index (κ2) is 5.78. The van der Waals surface area contributed by atoms with Crippen LogP contribution >= 0.6 is 15.9 Å². The van der Waals surface area contributed by atoms with Crippen LogP contribution in [0.5, 0.6) is 0 Å². The Morgan fingerprint density at radius 2 is 2.11 bits per heavy atom. The van der Waals surface area contributed by atoms with Crippen LogP contribution in [0.25, 0.3) is 0 Å². The van der Waals surface area contributed by atoms with E-state index in [0.29, 0.717) is 5.56 Å². The fourth-order valence-corrected chi connectivity index (χ4v) is 2.01. The lowest BCUT2D eigenvalue weighted by molar-refractivity contribution is 0.0939. The SMILES string of the molecule is C[C@@H](NC(=O)c1cccc(Br)c1)c1ccccn1. The molecule has 0 bridgehead atoms. The zero-order valence-corrected chi connectivity index (χ0v) is 11.5. The van der Waals surface area contributed by atoms with Crippen molar-refractivity contribution in [2.45, 2.75) is 13.0 Å². The first-order chi connectivity index (χ1) is 8.66. The van der Waals surface area contributed by atoms with Gasteiger partial charge in [-0.3, -0.25) is 9.78 Å². The lowest BCUT2D eigenvalue weighted by Gasteiger charge is -2.13. The van der Waals surface area contributed by atoms with Gasteiger partial charge in [-0.05, 0) is 37.3 Å². The van der Waals surface area contributed by atoms with Gasteiger partial charge >= 0.3 is 0 Å². The Balaban J connectivity index is 2.08. The Hall–Kier alpha value is -1.68. The predicted octanol–water partition coefficient (Wildman–Crippen LogP) is 3.34. The fraction of sp³-hybridized carbons (Fsp3) is 0.143. The third-order valence-corrected chi connectivity index (χ3v) is 3.06. The summed E-state index contributed by atoms with van der Waals surface area (Å²) in [6.45, 7) is 1.91. The lowest BCUT2D eigenvalue weighted by atomic mass is 10.1. The molecule has 1 N–H and O–H groups in total. The molecule has 18 heavy (non-hydrogen) atoms. The molecule has 1 amide bonds. The maximum absolute atomic E-state index is 12.0. The number of amides is 1. The van der Waals surface area contributed by atoms with E-state index < -0.39 is 0 Å². The number of nitrogens with zero attached hydrogens (tertiary/aromatic N) is 1. The second-order valence-electron chi connectivity index (χ2n) is 3.96. The van der Waals surface area contributed by atoms with Gasteiger partial charge in [-0.1, -0.05) is 28.1 Å². The van der Waals surface area contributed by atoms with E-state index in [-0.39, 0.29) is 11.9 Å². The van der Waals surface area contributed by atoms with Crippen molar-refractivity contribution in [3.8, 4) is 0 Å². The first-order valence-electron chi connectivity index (χ1n) is 5.64. The smallest absolute Gasteiger partial charge is 0.251 e. The van der Waals surface area contributed by atoms with Crippen LogP contribution in [0, 0.1) is 0 Å². The van der Waals surface area contributed by atoms with E-state index in [2.05, 4.69) is 26.2 Å². The Kier molecular flexibility index (Phi) is 4.10. The van der Waals surface area contributed by atoms with Gasteiger partial charge in [-0.25, -0.2) is 0 Å². The van der Waals surface area contributed by atoms with Crippen molar-refractivity contribution in [3.05, 3.63) is 64.4 Å². The molecule has 0 fully saturated rings. The Morgan fingerprint density at radius 1 is 1.28 bits per heavy atom. The molecule has 0 spiro atoms. The normalized spacial score (nSPS) is 11.9. The molecule has 2 rings (SSSR count). The number of carbonyl (C=O) groups is 1. The van der Waals surface area contributed by atoms with Gasteiger partial charge in [0.1, 0.15) is 0 Å². The van der Waals surface area contributed by atoms with Crippen LogP contribution in [-0.2, 0) is 0 Å². The Morgan fingerprint density at radius 3 is 2.78 bits per heavy atom. The number of nitrogens with one attached hydrogen (secondary N) is 1. The molecule has 0 unspecified atom stereocenters. The number of carbonyl (C=O) groups excluding carboxylic acids is 1. The van der Waals surface area contributed by atoms with Gasteiger partial charge in [0.2, 0.25) is 0 Å². The van der Waals surface area contributed by atoms with Crippen molar-refractivity contribution in [2.75, 3.05) is 0 Å². The molecule has 0 saturated heterocycles. The standard InChI is InChI=1S/C14H13BrN2O/c1-10(13-7-2-3-8-16-13)17-14(18)11-5-4-6-12(15)9-11/h2-10H,1H3,(H,17,18)/t10-/m1/s1. The third-order valence-electron chi connectivity index (χ3n) is 2.57. The zero-order chi connectivity index (χ0) is 13.0. The highest BCUT2D eigenvalue weighted by Crippen LogP contribution is 2.13. The molecule has 92 valence electrons. The molecule has 0 saturated carbocycles. The van der Waals surface area contributed by atoms with Gasteiger partial charge in [0.25, 0.3) is 5.91 Å². The number of hydrogen-bond donors (Lipinski definition) is 1. The van der Waals surface area contributed by atoms with E-state index in [0.717, 1.165) is 10.2 Å². The number of aromatic nitrogens is 1. The quantitative estimate of drug-likeness (QED) is 0.945. The van der Waals surface area contributed by atoms with Crippen molar-refractivity contribution < 1.29 is 4.79 Å². The summed E-state index contributed by atoms with van der Waals surface area (Å²) in [6, 6.07) is 12.8. The van der Waals surface area contributed by atoms with Crippen LogP contribution in [0.3, 0.4) is 0 Å². The molecule has 0 aliphatic rings. The number of rotatable bonds is 3. The molecule has 0 aliphatic carbocycles. The van der Waals surface area contributed by atoms with Crippen LogP contribution in [0.4, 0.5) is 0 Å². The zero-order valence-electron chi connectivity index (χ0n) is 9.93. The lowest BCUT2D eigenvalue weighted by Crippen LogP contribution is -2.27. The van der Waals surface area contributed by atoms with Crippen molar-refractivity contribution in [1.82, 2.24) is 10.3 Å². The van der Waals surface area contributed by atoms with E-state index in [1.807, 2.05) is 37.3 Å². The molecule has 1 aromatic carbocycles. The van der Waals surface area contributed by atoms with Gasteiger partial charge in [0.15, 0.2) is 0 Å². The maximum atomic E-state index is 12.0. The number of benzene rings is 1. The first kappa shape index (κ1) is 12.8. The van der Waals surface area contributed by atoms with E-state index in [9.17, 15) is 4.79 Å². The van der Waals surface area contributed by atoms with Crippen LogP contribution in [-0.4, -0.2) is 10.9 Å². The summed E-state index contributed by atoms with van der Waals surface area (Å²) >= 11 is 3.35. The van der Waals surface area contributed by atoms with Gasteiger partial charge < -0.3 is 5.32 Å². The highest BCUT2D eigenvalue weighted by Gasteiger charge is 2.11. The van der Waals surface area contributed by atoms with Crippen molar-refractivity contribution in [1.29, 1.82) is 0 Å². The molecule has 4 heteroatoms. The highest BCUT2D eigenvalue weighted by atomic mass is 79.9. The van der Waals surface area contributed by atoms with Gasteiger partial charge in [0, 0.05) is 16.2 Å². The van der Waals surface area contributed by atoms with Crippen molar-refractivity contribution in [2.24, 2.45) is 0 Å². The number of pyridine rings is 1. The average Bonchev–Trinajstić information content (AvgIpc) is 2.39. The topological polar surface area (TPSA) is 42.0 Å². The van der Waals surface area contributed by atoms with Crippen LogP contribution in [0.2, 0.25) is 0 Å². The number of hydrogen-bond acceptors (Lipinski definition) is 2. The third kappa shape index (κ3) is 3.17. The summed E-state index contributed by atoms with van der Waals surface area (Å²) in [5.41, 5.74) is 1.48. The van der Waals surface area contributed by atoms with Crippen LogP contribution in [0.1, 0.15) is 29.0 Å². The minimum Gasteiger partial charge on any atom is -0.344 e. The van der Waals surface area contributed by atoms with Crippen LogP contribution in [0.15, 0.2) is 53.1 Å². The Bertz CT molecular complexity index is 543. The molecule has 1 aromatic heterocycles. The molecule has 1 heterocycles. The molecular formula is C14H13BrN2O. The molecule has 0 aliphatic heterocycles. The summed E-state index contributed by atoms with van der Waals surface area (Å²) < 4.78 is 0.889. The minimum atomic E-state index is -0.113. The van der Waals surface area contributed by atoms with Crippen LogP contribution < -0.4 is 5.32 Å². The molecule has 2 aromatic rings. The molecule has 0 radical (unpaired) electrons. The van der Waals surface area contributed by atoms with Crippen molar-refractivity contribution >= 4 is 21.8 Å². The maximum Gasteiger partial charge on any atom is 0.251 e. The summed E-state index contributed by atoms with van der Waals surface area (Å²) in [7, 11) is 0. The summed E-state index contributed by atoms with van der Waals surface area (Å²) in [5.74, 6) is -0.102. The minimum absolute atomic E-state index is 0.102. The molecule has 3 nitrogen and oxygen atoms in total. The van der Waals surface area contributed by atoms with Gasteiger partial charge in [-0.2, -0.15) is 0 Å². The summed E-state index contributed by atoms with van der Waals surface area (Å²) in [4.78, 5) is 16.2. The summed E-state index contributed by atoms with van der Waals surface area (Å²) in [5, 5.41) is 2.92. The monoisotopic (exact) mass is 304 g/mol. The fourth-order valence-electron chi connectivity index (χ4n) is 1.62. The van der Waals surface area contributed by atoms with E-state index in [4.69, 9.17) is 0 Å². The van der Waals surface area contributed by atoms with Gasteiger partial charge in [0.05, 0.1) is 11.7 Å². The first-order valence-corrected chi connectivity index (χ1v) is 6.43.